The van der Waals surface area contributed by atoms with Crippen LogP contribution in [0.1, 0.15) is 39.2 Å². The first-order valence-corrected chi connectivity index (χ1v) is 8.63. The first kappa shape index (κ1) is 19.6. The molecule has 2 amide bonds. The fraction of sp³-hybridized carbons (Fsp3) is 0.400. The minimum absolute atomic E-state index is 0.117. The number of benzene rings is 2. The Labute approximate surface area is 153 Å². The third-order valence-corrected chi connectivity index (χ3v) is 3.83. The second-order valence-corrected chi connectivity index (χ2v) is 7.23. The SMILES string of the molecule is C[C@@H](C(=O)NCCNC(=O)OC(C)(C)C)c1ccc2cc(O)ccc2c1. The first-order chi connectivity index (χ1) is 12.2. The van der Waals surface area contributed by atoms with Crippen molar-refractivity contribution < 1.29 is 19.4 Å². The predicted molar refractivity (Wildman–Crippen MR) is 101 cm³/mol. The highest BCUT2D eigenvalue weighted by Crippen LogP contribution is 2.24. The maximum Gasteiger partial charge on any atom is 0.407 e. The van der Waals surface area contributed by atoms with Gasteiger partial charge in [0.25, 0.3) is 0 Å². The number of phenols is 1. The van der Waals surface area contributed by atoms with Gasteiger partial charge in [-0.05, 0) is 56.2 Å². The van der Waals surface area contributed by atoms with Gasteiger partial charge in [-0.15, -0.1) is 0 Å². The van der Waals surface area contributed by atoms with Crippen molar-refractivity contribution in [1.29, 1.82) is 0 Å². The molecule has 26 heavy (non-hydrogen) atoms. The molecule has 0 saturated carbocycles. The molecular formula is C20H26N2O4. The number of alkyl carbamates (subject to hydrolysis) is 1. The number of nitrogens with one attached hydrogen (secondary N) is 2. The van der Waals surface area contributed by atoms with Crippen LogP contribution in [-0.4, -0.2) is 35.8 Å². The largest absolute Gasteiger partial charge is 0.508 e. The molecule has 6 nitrogen and oxygen atoms in total. The lowest BCUT2D eigenvalue weighted by Gasteiger charge is -2.20. The van der Waals surface area contributed by atoms with Gasteiger partial charge < -0.3 is 20.5 Å². The lowest BCUT2D eigenvalue weighted by molar-refractivity contribution is -0.122. The van der Waals surface area contributed by atoms with E-state index in [4.69, 9.17) is 4.74 Å². The predicted octanol–water partition coefficient (Wildman–Crippen LogP) is 3.29. The van der Waals surface area contributed by atoms with Gasteiger partial charge in [-0.3, -0.25) is 4.79 Å². The molecule has 140 valence electrons. The highest BCUT2D eigenvalue weighted by atomic mass is 16.6. The van der Waals surface area contributed by atoms with Crippen molar-refractivity contribution in [3.05, 3.63) is 42.0 Å². The van der Waals surface area contributed by atoms with Gasteiger partial charge in [0.05, 0.1) is 5.92 Å². The molecule has 0 aliphatic carbocycles. The third-order valence-electron chi connectivity index (χ3n) is 3.83. The van der Waals surface area contributed by atoms with Crippen molar-refractivity contribution in [2.45, 2.75) is 39.2 Å². The Morgan fingerprint density at radius 3 is 2.35 bits per heavy atom. The van der Waals surface area contributed by atoms with E-state index in [0.717, 1.165) is 16.3 Å². The summed E-state index contributed by atoms with van der Waals surface area (Å²) < 4.78 is 5.13. The molecule has 1 atom stereocenters. The van der Waals surface area contributed by atoms with E-state index < -0.39 is 11.7 Å². The summed E-state index contributed by atoms with van der Waals surface area (Å²) in [5.74, 6) is -0.225. The number of aromatic hydroxyl groups is 1. The van der Waals surface area contributed by atoms with Crippen LogP contribution in [0, 0.1) is 0 Å². The molecule has 0 aliphatic heterocycles. The van der Waals surface area contributed by atoms with E-state index in [1.54, 1.807) is 32.9 Å². The Kier molecular flexibility index (Phi) is 6.08. The summed E-state index contributed by atoms with van der Waals surface area (Å²) in [5, 5.41) is 16.8. The lowest BCUT2D eigenvalue weighted by Crippen LogP contribution is -2.38. The average Bonchev–Trinajstić information content (AvgIpc) is 2.55. The number of hydrogen-bond acceptors (Lipinski definition) is 4. The van der Waals surface area contributed by atoms with Gasteiger partial charge >= 0.3 is 6.09 Å². The van der Waals surface area contributed by atoms with Crippen molar-refractivity contribution in [3.63, 3.8) is 0 Å². The smallest absolute Gasteiger partial charge is 0.407 e. The standard InChI is InChI=1S/C20H26N2O4/c1-13(14-5-6-16-12-17(23)8-7-15(16)11-14)18(24)21-9-10-22-19(25)26-20(2,3)4/h5-8,11-13,23H,9-10H2,1-4H3,(H,21,24)(H,22,25)/t13-/m1/s1. The van der Waals surface area contributed by atoms with Gasteiger partial charge in [0.2, 0.25) is 5.91 Å². The van der Waals surface area contributed by atoms with Crippen LogP contribution < -0.4 is 10.6 Å². The maximum atomic E-state index is 12.3. The zero-order chi connectivity index (χ0) is 19.3. The van der Waals surface area contributed by atoms with Crippen LogP contribution in [-0.2, 0) is 9.53 Å². The Morgan fingerprint density at radius 2 is 1.65 bits per heavy atom. The highest BCUT2D eigenvalue weighted by molar-refractivity contribution is 5.88. The number of carbonyl (C=O) groups is 2. The molecule has 6 heteroatoms. The van der Waals surface area contributed by atoms with Gasteiger partial charge in [0.1, 0.15) is 11.4 Å². The fourth-order valence-corrected chi connectivity index (χ4v) is 2.49. The molecule has 0 fully saturated rings. The number of phenolic OH excluding ortho intramolecular Hbond substituents is 1. The molecular weight excluding hydrogens is 332 g/mol. The minimum Gasteiger partial charge on any atom is -0.508 e. The summed E-state index contributed by atoms with van der Waals surface area (Å²) in [6.07, 6.45) is -0.502. The van der Waals surface area contributed by atoms with Gasteiger partial charge in [0, 0.05) is 13.1 Å². The van der Waals surface area contributed by atoms with E-state index in [-0.39, 0.29) is 17.6 Å². The van der Waals surface area contributed by atoms with Crippen molar-refractivity contribution in [2.75, 3.05) is 13.1 Å². The van der Waals surface area contributed by atoms with E-state index in [9.17, 15) is 14.7 Å². The number of hydrogen-bond donors (Lipinski definition) is 3. The number of amides is 2. The molecule has 0 aromatic heterocycles. The zero-order valence-electron chi connectivity index (χ0n) is 15.6. The van der Waals surface area contributed by atoms with E-state index in [1.807, 2.05) is 31.2 Å². The van der Waals surface area contributed by atoms with Crippen LogP contribution in [0.3, 0.4) is 0 Å². The summed E-state index contributed by atoms with van der Waals surface area (Å²) in [6, 6.07) is 10.8. The molecule has 2 aromatic rings. The summed E-state index contributed by atoms with van der Waals surface area (Å²) in [6.45, 7) is 7.83. The molecule has 2 rings (SSSR count). The Balaban J connectivity index is 1.86. The Morgan fingerprint density at radius 1 is 1.04 bits per heavy atom. The summed E-state index contributed by atoms with van der Waals surface area (Å²) >= 11 is 0. The first-order valence-electron chi connectivity index (χ1n) is 8.63. The molecule has 0 radical (unpaired) electrons. The molecule has 0 aliphatic rings. The van der Waals surface area contributed by atoms with Crippen molar-refractivity contribution in [1.82, 2.24) is 10.6 Å². The topological polar surface area (TPSA) is 87.7 Å². The fourth-order valence-electron chi connectivity index (χ4n) is 2.49. The van der Waals surface area contributed by atoms with Crippen LogP contribution >= 0.6 is 0 Å². The van der Waals surface area contributed by atoms with Crippen molar-refractivity contribution in [2.24, 2.45) is 0 Å². The monoisotopic (exact) mass is 358 g/mol. The van der Waals surface area contributed by atoms with Crippen molar-refractivity contribution >= 4 is 22.8 Å². The number of rotatable bonds is 5. The number of fused-ring (bicyclic) bond motifs is 1. The summed E-state index contributed by atoms with van der Waals surface area (Å²) in [7, 11) is 0. The van der Waals surface area contributed by atoms with Gasteiger partial charge in [-0.25, -0.2) is 4.79 Å². The average molecular weight is 358 g/mol. The van der Waals surface area contributed by atoms with Crippen LogP contribution in [0.5, 0.6) is 5.75 Å². The van der Waals surface area contributed by atoms with Gasteiger partial charge in [-0.1, -0.05) is 24.3 Å². The molecule has 2 aromatic carbocycles. The number of carbonyl (C=O) groups excluding carboxylic acids is 2. The van der Waals surface area contributed by atoms with Gasteiger partial charge in [0.15, 0.2) is 0 Å². The molecule has 0 saturated heterocycles. The molecule has 0 heterocycles. The Hall–Kier alpha value is -2.76. The summed E-state index contributed by atoms with van der Waals surface area (Å²) in [4.78, 5) is 23.9. The van der Waals surface area contributed by atoms with Crippen LogP contribution in [0.25, 0.3) is 10.8 Å². The number of ether oxygens (including phenoxy) is 1. The normalized spacial score (nSPS) is 12.5. The van der Waals surface area contributed by atoms with Crippen LogP contribution in [0.15, 0.2) is 36.4 Å². The van der Waals surface area contributed by atoms with Gasteiger partial charge in [-0.2, -0.15) is 0 Å². The van der Waals surface area contributed by atoms with E-state index >= 15 is 0 Å². The third kappa shape index (κ3) is 5.65. The van der Waals surface area contributed by atoms with Crippen LogP contribution in [0.4, 0.5) is 4.79 Å². The molecule has 0 unspecified atom stereocenters. The highest BCUT2D eigenvalue weighted by Gasteiger charge is 2.17. The molecule has 3 N–H and O–H groups in total. The second-order valence-electron chi connectivity index (χ2n) is 7.23. The van der Waals surface area contributed by atoms with Crippen LogP contribution in [0.2, 0.25) is 0 Å². The van der Waals surface area contributed by atoms with E-state index in [0.29, 0.717) is 13.1 Å². The van der Waals surface area contributed by atoms with E-state index in [1.165, 1.54) is 0 Å². The molecule has 0 bridgehead atoms. The van der Waals surface area contributed by atoms with E-state index in [2.05, 4.69) is 10.6 Å². The summed E-state index contributed by atoms with van der Waals surface area (Å²) in [5.41, 5.74) is 0.343. The zero-order valence-corrected chi connectivity index (χ0v) is 15.6. The lowest BCUT2D eigenvalue weighted by atomic mass is 9.97. The van der Waals surface area contributed by atoms with Crippen molar-refractivity contribution in [3.8, 4) is 5.75 Å². The second kappa shape index (κ2) is 8.08. The Bertz CT molecular complexity index is 796. The minimum atomic E-state index is -0.547. The maximum absolute atomic E-state index is 12.3. The quantitative estimate of drug-likeness (QED) is 0.716. The molecule has 0 spiro atoms.